The number of aromatic hydroxyl groups is 1. The zero-order valence-electron chi connectivity index (χ0n) is 11.1. The van der Waals surface area contributed by atoms with Crippen molar-refractivity contribution in [2.45, 2.75) is 12.8 Å². The average Bonchev–Trinajstić information content (AvgIpc) is 2.48. The van der Waals surface area contributed by atoms with Gasteiger partial charge in [0.05, 0.1) is 7.11 Å². The highest BCUT2D eigenvalue weighted by molar-refractivity contribution is 6.30. The number of rotatable bonds is 5. The van der Waals surface area contributed by atoms with Crippen molar-refractivity contribution in [2.24, 2.45) is 0 Å². The van der Waals surface area contributed by atoms with Crippen LogP contribution in [0.5, 0.6) is 11.5 Å². The Morgan fingerprint density at radius 2 is 1.90 bits per heavy atom. The molecular weight excluding hydrogens is 276 g/mol. The monoisotopic (exact) mass is 290 g/mol. The predicted octanol–water partition coefficient (Wildman–Crippen LogP) is 3.87. The summed E-state index contributed by atoms with van der Waals surface area (Å²) in [5.41, 5.74) is 1.31. The summed E-state index contributed by atoms with van der Waals surface area (Å²) in [6, 6.07) is 11.8. The van der Waals surface area contributed by atoms with Crippen molar-refractivity contribution in [3.8, 4) is 11.5 Å². The number of hydrogen-bond acceptors (Lipinski definition) is 3. The molecule has 0 radical (unpaired) electrons. The van der Waals surface area contributed by atoms with E-state index in [-0.39, 0.29) is 11.5 Å². The van der Waals surface area contributed by atoms with E-state index in [1.54, 1.807) is 43.5 Å². The molecule has 104 valence electrons. The molecule has 0 fully saturated rings. The fourth-order valence-corrected chi connectivity index (χ4v) is 2.12. The SMILES string of the molecule is COc1ccc(C(=O)CCc2cc(Cl)ccc2O)cc1. The van der Waals surface area contributed by atoms with Gasteiger partial charge in [0.2, 0.25) is 0 Å². The van der Waals surface area contributed by atoms with Crippen LogP contribution in [0.3, 0.4) is 0 Å². The molecule has 4 heteroatoms. The fourth-order valence-electron chi connectivity index (χ4n) is 1.92. The Kier molecular flexibility index (Phi) is 4.64. The third-order valence-electron chi connectivity index (χ3n) is 3.07. The van der Waals surface area contributed by atoms with Gasteiger partial charge in [-0.3, -0.25) is 4.79 Å². The highest BCUT2D eigenvalue weighted by Crippen LogP contribution is 2.23. The molecule has 0 unspecified atom stereocenters. The number of ether oxygens (including phenoxy) is 1. The lowest BCUT2D eigenvalue weighted by Crippen LogP contribution is -2.01. The number of Topliss-reactive ketones (excluding diaryl/α,β-unsaturated/α-hetero) is 1. The topological polar surface area (TPSA) is 46.5 Å². The minimum atomic E-state index is 0.0204. The van der Waals surface area contributed by atoms with E-state index in [4.69, 9.17) is 16.3 Å². The van der Waals surface area contributed by atoms with Gasteiger partial charge >= 0.3 is 0 Å². The van der Waals surface area contributed by atoms with Gasteiger partial charge in [-0.25, -0.2) is 0 Å². The number of phenolic OH excluding ortho intramolecular Hbond substituents is 1. The number of halogens is 1. The average molecular weight is 291 g/mol. The van der Waals surface area contributed by atoms with Crippen LogP contribution < -0.4 is 4.74 Å². The van der Waals surface area contributed by atoms with Crippen molar-refractivity contribution in [3.05, 3.63) is 58.6 Å². The van der Waals surface area contributed by atoms with Crippen molar-refractivity contribution in [1.82, 2.24) is 0 Å². The van der Waals surface area contributed by atoms with Crippen LogP contribution in [0.1, 0.15) is 22.3 Å². The van der Waals surface area contributed by atoms with Gasteiger partial charge in [-0.05, 0) is 54.4 Å². The quantitative estimate of drug-likeness (QED) is 0.850. The molecule has 0 heterocycles. The summed E-state index contributed by atoms with van der Waals surface area (Å²) in [6.07, 6.45) is 0.775. The molecule has 0 amide bonds. The first kappa shape index (κ1) is 14.4. The van der Waals surface area contributed by atoms with E-state index in [2.05, 4.69) is 0 Å². The van der Waals surface area contributed by atoms with Crippen molar-refractivity contribution in [2.75, 3.05) is 7.11 Å². The smallest absolute Gasteiger partial charge is 0.163 e. The first-order chi connectivity index (χ1) is 9.60. The second-order valence-electron chi connectivity index (χ2n) is 4.42. The van der Waals surface area contributed by atoms with Gasteiger partial charge in [0.25, 0.3) is 0 Å². The Labute approximate surface area is 122 Å². The summed E-state index contributed by atoms with van der Waals surface area (Å²) in [6.45, 7) is 0. The van der Waals surface area contributed by atoms with Crippen LogP contribution in [0.15, 0.2) is 42.5 Å². The normalized spacial score (nSPS) is 10.3. The molecule has 20 heavy (non-hydrogen) atoms. The molecule has 2 rings (SSSR count). The Hall–Kier alpha value is -2.00. The van der Waals surface area contributed by atoms with E-state index in [0.29, 0.717) is 34.7 Å². The largest absolute Gasteiger partial charge is 0.508 e. The number of carbonyl (C=O) groups excluding carboxylic acids is 1. The van der Waals surface area contributed by atoms with E-state index in [1.807, 2.05) is 0 Å². The Morgan fingerprint density at radius 3 is 2.55 bits per heavy atom. The van der Waals surface area contributed by atoms with E-state index in [1.165, 1.54) is 6.07 Å². The van der Waals surface area contributed by atoms with Crippen LogP contribution in [0.25, 0.3) is 0 Å². The van der Waals surface area contributed by atoms with Crippen molar-refractivity contribution < 1.29 is 14.6 Å². The second kappa shape index (κ2) is 6.44. The van der Waals surface area contributed by atoms with Crippen LogP contribution in [0.2, 0.25) is 5.02 Å². The third-order valence-corrected chi connectivity index (χ3v) is 3.31. The summed E-state index contributed by atoms with van der Waals surface area (Å²) >= 11 is 5.87. The van der Waals surface area contributed by atoms with Crippen LogP contribution in [0, 0.1) is 0 Å². The van der Waals surface area contributed by atoms with Crippen LogP contribution >= 0.6 is 11.6 Å². The molecule has 0 aliphatic rings. The maximum Gasteiger partial charge on any atom is 0.163 e. The van der Waals surface area contributed by atoms with Crippen LogP contribution in [-0.4, -0.2) is 18.0 Å². The molecule has 0 aliphatic carbocycles. The number of carbonyl (C=O) groups is 1. The number of hydrogen-bond donors (Lipinski definition) is 1. The van der Waals surface area contributed by atoms with Gasteiger partial charge in [0.15, 0.2) is 5.78 Å². The van der Waals surface area contributed by atoms with Gasteiger partial charge in [-0.1, -0.05) is 11.6 Å². The zero-order valence-corrected chi connectivity index (χ0v) is 11.9. The molecule has 0 saturated carbocycles. The number of phenols is 1. The molecule has 2 aromatic rings. The molecule has 3 nitrogen and oxygen atoms in total. The van der Waals surface area contributed by atoms with Gasteiger partial charge in [-0.2, -0.15) is 0 Å². The summed E-state index contributed by atoms with van der Waals surface area (Å²) < 4.78 is 5.05. The molecule has 0 aromatic heterocycles. The maximum absolute atomic E-state index is 12.1. The minimum Gasteiger partial charge on any atom is -0.508 e. The third kappa shape index (κ3) is 3.52. The van der Waals surface area contributed by atoms with Crippen molar-refractivity contribution in [3.63, 3.8) is 0 Å². The van der Waals surface area contributed by atoms with E-state index in [9.17, 15) is 9.90 Å². The molecule has 0 spiro atoms. The highest BCUT2D eigenvalue weighted by atomic mass is 35.5. The van der Waals surface area contributed by atoms with Crippen LogP contribution in [-0.2, 0) is 6.42 Å². The van der Waals surface area contributed by atoms with Crippen LogP contribution in [0.4, 0.5) is 0 Å². The van der Waals surface area contributed by atoms with Crippen molar-refractivity contribution >= 4 is 17.4 Å². The van der Waals surface area contributed by atoms with Gasteiger partial charge in [-0.15, -0.1) is 0 Å². The van der Waals surface area contributed by atoms with E-state index < -0.39 is 0 Å². The molecule has 2 aromatic carbocycles. The first-order valence-electron chi connectivity index (χ1n) is 6.25. The second-order valence-corrected chi connectivity index (χ2v) is 4.86. The number of ketones is 1. The number of benzene rings is 2. The summed E-state index contributed by atoms with van der Waals surface area (Å²) in [5, 5.41) is 10.3. The number of methoxy groups -OCH3 is 1. The zero-order chi connectivity index (χ0) is 14.5. The Bertz CT molecular complexity index is 606. The van der Waals surface area contributed by atoms with Gasteiger partial charge in [0, 0.05) is 17.0 Å². The van der Waals surface area contributed by atoms with Gasteiger partial charge < -0.3 is 9.84 Å². The lowest BCUT2D eigenvalue weighted by atomic mass is 10.0. The Balaban J connectivity index is 2.02. The first-order valence-corrected chi connectivity index (χ1v) is 6.62. The van der Waals surface area contributed by atoms with E-state index in [0.717, 1.165) is 0 Å². The maximum atomic E-state index is 12.1. The fraction of sp³-hybridized carbons (Fsp3) is 0.188. The summed E-state index contributed by atoms with van der Waals surface area (Å²) in [7, 11) is 1.58. The summed E-state index contributed by atoms with van der Waals surface area (Å²) in [5.74, 6) is 0.901. The predicted molar refractivity (Wildman–Crippen MR) is 78.8 cm³/mol. The van der Waals surface area contributed by atoms with Crippen molar-refractivity contribution in [1.29, 1.82) is 0 Å². The minimum absolute atomic E-state index is 0.0204. The molecule has 0 saturated heterocycles. The highest BCUT2D eigenvalue weighted by Gasteiger charge is 2.09. The number of aryl methyl sites for hydroxylation is 1. The van der Waals surface area contributed by atoms with E-state index >= 15 is 0 Å². The summed E-state index contributed by atoms with van der Waals surface area (Å²) in [4.78, 5) is 12.1. The molecular formula is C16H15ClO3. The lowest BCUT2D eigenvalue weighted by Gasteiger charge is -2.06. The molecule has 0 bridgehead atoms. The lowest BCUT2D eigenvalue weighted by molar-refractivity contribution is 0.0982. The standard InChI is InChI=1S/C16H15ClO3/c1-20-14-6-2-11(3-7-14)15(18)8-4-12-10-13(17)5-9-16(12)19/h2-3,5-7,9-10,19H,4,8H2,1H3. The Morgan fingerprint density at radius 1 is 1.20 bits per heavy atom. The van der Waals surface area contributed by atoms with Gasteiger partial charge in [0.1, 0.15) is 11.5 Å². The molecule has 1 N–H and O–H groups in total. The molecule has 0 aliphatic heterocycles. The molecule has 0 atom stereocenters.